The predicted molar refractivity (Wildman–Crippen MR) is 79.4 cm³/mol. The summed E-state index contributed by atoms with van der Waals surface area (Å²) in [6.45, 7) is 3.32. The Labute approximate surface area is 119 Å². The highest BCUT2D eigenvalue weighted by atomic mass is 32.2. The normalized spacial score (nSPS) is 13.2. The lowest BCUT2D eigenvalue weighted by molar-refractivity contribution is 0.291. The molecule has 0 heterocycles. The van der Waals surface area contributed by atoms with Crippen molar-refractivity contribution in [3.63, 3.8) is 0 Å². The van der Waals surface area contributed by atoms with Gasteiger partial charge >= 0.3 is 0 Å². The molecule has 1 N–H and O–H groups in total. The monoisotopic (exact) mass is 290 g/mol. The number of aliphatic hydroxyl groups excluding tert-OH is 1. The molecule has 0 aromatic heterocycles. The van der Waals surface area contributed by atoms with Crippen molar-refractivity contribution in [3.05, 3.63) is 65.2 Å². The van der Waals surface area contributed by atoms with Crippen LogP contribution in [0.5, 0.6) is 0 Å². The minimum absolute atomic E-state index is 0.241. The molecule has 4 heteroatoms. The van der Waals surface area contributed by atoms with Crippen molar-refractivity contribution in [2.75, 3.05) is 6.61 Å². The molecule has 1 atom stereocenters. The lowest BCUT2D eigenvalue weighted by Gasteiger charge is -2.18. The average Bonchev–Trinajstić information content (AvgIpc) is 2.42. The Kier molecular flexibility index (Phi) is 4.26. The fourth-order valence-electron chi connectivity index (χ4n) is 2.20. The third-order valence-corrected chi connectivity index (χ3v) is 5.51. The first-order valence-corrected chi connectivity index (χ1v) is 7.98. The van der Waals surface area contributed by atoms with E-state index < -0.39 is 21.7 Å². The summed E-state index contributed by atoms with van der Waals surface area (Å²) in [6, 6.07) is 13.9. The topological polar surface area (TPSA) is 54.4 Å². The fraction of sp³-hybridized carbons (Fsp3) is 0.250. The Bertz CT molecular complexity index is 688. The number of benzene rings is 2. The number of hydrogen-bond acceptors (Lipinski definition) is 3. The van der Waals surface area contributed by atoms with E-state index in [2.05, 4.69) is 0 Å². The van der Waals surface area contributed by atoms with Gasteiger partial charge in [0, 0.05) is 0 Å². The van der Waals surface area contributed by atoms with Gasteiger partial charge in [0.25, 0.3) is 0 Å². The van der Waals surface area contributed by atoms with Crippen LogP contribution in [0.1, 0.15) is 21.9 Å². The van der Waals surface area contributed by atoms with E-state index in [-0.39, 0.29) is 4.90 Å². The maximum atomic E-state index is 12.7. The summed E-state index contributed by atoms with van der Waals surface area (Å²) >= 11 is 0. The van der Waals surface area contributed by atoms with Crippen molar-refractivity contribution in [1.82, 2.24) is 0 Å². The van der Waals surface area contributed by atoms with Gasteiger partial charge in [0.05, 0.1) is 11.5 Å². The van der Waals surface area contributed by atoms with Crippen LogP contribution in [0, 0.1) is 13.8 Å². The van der Waals surface area contributed by atoms with Crippen LogP contribution in [0.2, 0.25) is 0 Å². The highest BCUT2D eigenvalue weighted by Gasteiger charge is 2.29. The van der Waals surface area contributed by atoms with Crippen molar-refractivity contribution >= 4 is 9.84 Å². The largest absolute Gasteiger partial charge is 0.395 e. The van der Waals surface area contributed by atoms with E-state index in [0.29, 0.717) is 5.56 Å². The average molecular weight is 290 g/mol. The van der Waals surface area contributed by atoms with Gasteiger partial charge in [-0.05, 0) is 37.1 Å². The number of aryl methyl sites for hydroxylation is 2. The second-order valence-electron chi connectivity index (χ2n) is 4.89. The molecule has 0 radical (unpaired) electrons. The molecule has 106 valence electrons. The van der Waals surface area contributed by atoms with E-state index in [4.69, 9.17) is 0 Å². The van der Waals surface area contributed by atoms with Crippen molar-refractivity contribution < 1.29 is 13.5 Å². The highest BCUT2D eigenvalue weighted by molar-refractivity contribution is 7.91. The maximum absolute atomic E-state index is 12.7. The SMILES string of the molecule is Cc1ccc(S(=O)(=O)C(CO)c2ccccc2C)cc1. The van der Waals surface area contributed by atoms with Gasteiger partial charge in [-0.2, -0.15) is 0 Å². The lowest BCUT2D eigenvalue weighted by atomic mass is 10.1. The minimum Gasteiger partial charge on any atom is -0.395 e. The van der Waals surface area contributed by atoms with Gasteiger partial charge in [0.2, 0.25) is 0 Å². The van der Waals surface area contributed by atoms with Gasteiger partial charge in [-0.1, -0.05) is 42.0 Å². The number of hydrogen-bond donors (Lipinski definition) is 1. The molecule has 2 aromatic rings. The molecule has 0 fully saturated rings. The Morgan fingerprint density at radius 2 is 1.60 bits per heavy atom. The summed E-state index contributed by atoms with van der Waals surface area (Å²) in [5.74, 6) is 0. The molecule has 0 saturated heterocycles. The molecule has 0 amide bonds. The maximum Gasteiger partial charge on any atom is 0.187 e. The third-order valence-electron chi connectivity index (χ3n) is 3.43. The van der Waals surface area contributed by atoms with Crippen molar-refractivity contribution in [2.24, 2.45) is 0 Å². The van der Waals surface area contributed by atoms with Gasteiger partial charge in [0.1, 0.15) is 5.25 Å². The Hall–Kier alpha value is -1.65. The second-order valence-corrected chi connectivity index (χ2v) is 7.02. The molecular weight excluding hydrogens is 272 g/mol. The van der Waals surface area contributed by atoms with Crippen LogP contribution in [-0.2, 0) is 9.84 Å². The molecule has 0 spiro atoms. The molecule has 0 aliphatic heterocycles. The van der Waals surface area contributed by atoms with Crippen LogP contribution in [0.4, 0.5) is 0 Å². The smallest absolute Gasteiger partial charge is 0.187 e. The molecule has 2 rings (SSSR count). The van der Waals surface area contributed by atoms with Crippen LogP contribution in [0.15, 0.2) is 53.4 Å². The Morgan fingerprint density at radius 1 is 1.00 bits per heavy atom. The number of rotatable bonds is 4. The van der Waals surface area contributed by atoms with Gasteiger partial charge in [-0.3, -0.25) is 0 Å². The van der Waals surface area contributed by atoms with Crippen LogP contribution < -0.4 is 0 Å². The van der Waals surface area contributed by atoms with Gasteiger partial charge in [-0.15, -0.1) is 0 Å². The van der Waals surface area contributed by atoms with Gasteiger partial charge in [-0.25, -0.2) is 8.42 Å². The molecule has 0 saturated carbocycles. The van der Waals surface area contributed by atoms with E-state index in [0.717, 1.165) is 11.1 Å². The van der Waals surface area contributed by atoms with Gasteiger partial charge < -0.3 is 5.11 Å². The molecule has 3 nitrogen and oxygen atoms in total. The zero-order valence-corrected chi connectivity index (χ0v) is 12.4. The fourth-order valence-corrected chi connectivity index (χ4v) is 3.84. The quantitative estimate of drug-likeness (QED) is 0.942. The first-order chi connectivity index (χ1) is 9.46. The third kappa shape index (κ3) is 2.76. The summed E-state index contributed by atoms with van der Waals surface area (Å²) in [4.78, 5) is 0.241. The Morgan fingerprint density at radius 3 is 2.15 bits per heavy atom. The van der Waals surface area contributed by atoms with Gasteiger partial charge in [0.15, 0.2) is 9.84 Å². The zero-order chi connectivity index (χ0) is 14.8. The molecular formula is C16H18O3S. The zero-order valence-electron chi connectivity index (χ0n) is 11.6. The number of aliphatic hydroxyl groups is 1. The standard InChI is InChI=1S/C16H18O3S/c1-12-7-9-14(10-8-12)20(18,19)16(11-17)15-6-4-3-5-13(15)2/h3-10,16-17H,11H2,1-2H3. The predicted octanol–water partition coefficient (Wildman–Crippen LogP) is 2.81. The van der Waals surface area contributed by atoms with Crippen LogP contribution in [0.25, 0.3) is 0 Å². The molecule has 0 aliphatic rings. The summed E-state index contributed by atoms with van der Waals surface area (Å²) < 4.78 is 25.3. The molecule has 0 aliphatic carbocycles. The summed E-state index contributed by atoms with van der Waals surface area (Å²) in [5.41, 5.74) is 2.51. The van der Waals surface area contributed by atoms with E-state index in [1.165, 1.54) is 0 Å². The minimum atomic E-state index is -3.59. The van der Waals surface area contributed by atoms with Crippen LogP contribution >= 0.6 is 0 Å². The first-order valence-electron chi connectivity index (χ1n) is 6.44. The van der Waals surface area contributed by atoms with Crippen LogP contribution in [0.3, 0.4) is 0 Å². The molecule has 1 unspecified atom stereocenters. The van der Waals surface area contributed by atoms with Crippen molar-refractivity contribution in [2.45, 2.75) is 24.0 Å². The summed E-state index contributed by atoms with van der Waals surface area (Å²) in [7, 11) is -3.59. The molecule has 20 heavy (non-hydrogen) atoms. The van der Waals surface area contributed by atoms with Crippen LogP contribution in [-0.4, -0.2) is 20.1 Å². The van der Waals surface area contributed by atoms with E-state index >= 15 is 0 Å². The summed E-state index contributed by atoms with van der Waals surface area (Å²) in [5, 5.41) is 8.65. The Balaban J connectivity index is 2.51. The summed E-state index contributed by atoms with van der Waals surface area (Å²) in [6.07, 6.45) is 0. The van der Waals surface area contributed by atoms with E-state index in [1.54, 1.807) is 36.4 Å². The van der Waals surface area contributed by atoms with E-state index in [9.17, 15) is 13.5 Å². The van der Waals surface area contributed by atoms with Crippen molar-refractivity contribution in [1.29, 1.82) is 0 Å². The number of sulfone groups is 1. The second kappa shape index (κ2) is 5.77. The molecule has 2 aromatic carbocycles. The molecule has 0 bridgehead atoms. The lowest BCUT2D eigenvalue weighted by Crippen LogP contribution is -2.18. The van der Waals surface area contributed by atoms with E-state index in [1.807, 2.05) is 26.0 Å². The highest BCUT2D eigenvalue weighted by Crippen LogP contribution is 2.30. The first kappa shape index (κ1) is 14.8. The van der Waals surface area contributed by atoms with Crippen molar-refractivity contribution in [3.8, 4) is 0 Å².